The van der Waals surface area contributed by atoms with Crippen LogP contribution in [-0.4, -0.2) is 17.3 Å². The quantitative estimate of drug-likeness (QED) is 0.820. The van der Waals surface area contributed by atoms with Crippen molar-refractivity contribution in [2.24, 2.45) is 0 Å². The minimum absolute atomic E-state index is 0.0334. The molecule has 0 saturated carbocycles. The van der Waals surface area contributed by atoms with E-state index in [2.05, 4.69) is 13.0 Å². The second-order valence-corrected chi connectivity index (χ2v) is 4.18. The third-order valence-corrected chi connectivity index (χ3v) is 2.95. The highest BCUT2D eigenvalue weighted by Crippen LogP contribution is 2.30. The summed E-state index contributed by atoms with van der Waals surface area (Å²) in [4.78, 5) is 0. The zero-order valence-corrected chi connectivity index (χ0v) is 9.15. The van der Waals surface area contributed by atoms with E-state index in [-0.39, 0.29) is 12.2 Å². The molecule has 0 radical (unpaired) electrons. The molecule has 2 rings (SSSR count). The molecule has 1 aromatic carbocycles. The monoisotopic (exact) mass is 206 g/mol. The van der Waals surface area contributed by atoms with E-state index in [9.17, 15) is 5.11 Å². The van der Waals surface area contributed by atoms with Crippen molar-refractivity contribution in [3.63, 3.8) is 0 Å². The van der Waals surface area contributed by atoms with Crippen molar-refractivity contribution in [1.82, 2.24) is 0 Å². The topological polar surface area (TPSA) is 29.5 Å². The van der Waals surface area contributed by atoms with E-state index >= 15 is 0 Å². The van der Waals surface area contributed by atoms with E-state index < -0.39 is 0 Å². The molecule has 1 aliphatic heterocycles. The first kappa shape index (κ1) is 10.5. The van der Waals surface area contributed by atoms with Crippen molar-refractivity contribution < 1.29 is 9.84 Å². The fraction of sp³-hybridized carbons (Fsp3) is 0.538. The van der Waals surface area contributed by atoms with Gasteiger partial charge in [-0.15, -0.1) is 0 Å². The minimum Gasteiger partial charge on any atom is -0.487 e. The number of hydrogen-bond donors (Lipinski definition) is 1. The van der Waals surface area contributed by atoms with Gasteiger partial charge in [-0.1, -0.05) is 38.0 Å². The molecule has 0 fully saturated rings. The summed E-state index contributed by atoms with van der Waals surface area (Å²) in [7, 11) is 0. The largest absolute Gasteiger partial charge is 0.487 e. The normalized spacial score (nSPS) is 20.8. The maximum atomic E-state index is 9.93. The molecular formula is C13H18O2. The van der Waals surface area contributed by atoms with Crippen molar-refractivity contribution in [3.05, 3.63) is 29.8 Å². The number of benzene rings is 1. The summed E-state index contributed by atoms with van der Waals surface area (Å²) in [5.74, 6) is 0.943. The molecule has 2 atom stereocenters. The van der Waals surface area contributed by atoms with E-state index in [1.165, 1.54) is 5.56 Å². The maximum Gasteiger partial charge on any atom is 0.129 e. The number of hydrogen-bond acceptors (Lipinski definition) is 2. The Hall–Kier alpha value is -1.02. The molecule has 82 valence electrons. The molecular weight excluding hydrogens is 188 g/mol. The standard InChI is InChI=1S/C13H18O2/c1-2-3-7-11(14)13-9-10-6-4-5-8-12(10)15-13/h4-6,8,11,13-14H,2-3,7,9H2,1H3. The molecule has 15 heavy (non-hydrogen) atoms. The molecule has 0 spiro atoms. The van der Waals surface area contributed by atoms with Crippen LogP contribution in [0.25, 0.3) is 0 Å². The Bertz CT molecular complexity index is 297. The molecule has 1 heterocycles. The molecule has 2 heteroatoms. The molecule has 0 aromatic heterocycles. The lowest BCUT2D eigenvalue weighted by molar-refractivity contribution is 0.0426. The Kier molecular flexibility index (Phi) is 3.27. The first-order valence-electron chi connectivity index (χ1n) is 5.74. The highest BCUT2D eigenvalue weighted by molar-refractivity contribution is 5.37. The summed E-state index contributed by atoms with van der Waals surface area (Å²) in [6, 6.07) is 8.03. The molecule has 1 aromatic rings. The minimum atomic E-state index is -0.322. The molecule has 0 amide bonds. The second kappa shape index (κ2) is 4.67. The third kappa shape index (κ3) is 2.32. The van der Waals surface area contributed by atoms with Crippen molar-refractivity contribution in [1.29, 1.82) is 0 Å². The Balaban J connectivity index is 1.94. The van der Waals surface area contributed by atoms with E-state index in [4.69, 9.17) is 4.74 Å². The predicted molar refractivity (Wildman–Crippen MR) is 60.1 cm³/mol. The Morgan fingerprint density at radius 3 is 3.00 bits per heavy atom. The summed E-state index contributed by atoms with van der Waals surface area (Å²) in [5.41, 5.74) is 1.22. The Morgan fingerprint density at radius 1 is 1.47 bits per heavy atom. The van der Waals surface area contributed by atoms with Gasteiger partial charge in [-0.25, -0.2) is 0 Å². The van der Waals surface area contributed by atoms with E-state index in [1.807, 2.05) is 18.2 Å². The first-order chi connectivity index (χ1) is 7.31. The molecule has 0 aliphatic carbocycles. The summed E-state index contributed by atoms with van der Waals surface area (Å²) in [6.07, 6.45) is 3.52. The summed E-state index contributed by atoms with van der Waals surface area (Å²) in [5, 5.41) is 9.93. The van der Waals surface area contributed by atoms with Crippen LogP contribution in [0.2, 0.25) is 0 Å². The number of unbranched alkanes of at least 4 members (excludes halogenated alkanes) is 1. The fourth-order valence-corrected chi connectivity index (χ4v) is 2.02. The first-order valence-corrected chi connectivity index (χ1v) is 5.74. The molecule has 2 unspecified atom stereocenters. The molecule has 1 N–H and O–H groups in total. The lowest BCUT2D eigenvalue weighted by atomic mass is 10.0. The van der Waals surface area contributed by atoms with E-state index in [1.54, 1.807) is 0 Å². The number of aliphatic hydroxyl groups is 1. The van der Waals surface area contributed by atoms with Crippen LogP contribution in [-0.2, 0) is 6.42 Å². The van der Waals surface area contributed by atoms with Crippen molar-refractivity contribution in [2.45, 2.75) is 44.8 Å². The lowest BCUT2D eigenvalue weighted by Gasteiger charge is -2.17. The molecule has 1 aliphatic rings. The molecule has 2 nitrogen and oxygen atoms in total. The Labute approximate surface area is 90.9 Å². The fourth-order valence-electron chi connectivity index (χ4n) is 2.02. The van der Waals surface area contributed by atoms with Gasteiger partial charge in [0.05, 0.1) is 6.10 Å². The highest BCUT2D eigenvalue weighted by atomic mass is 16.5. The zero-order chi connectivity index (χ0) is 10.7. The number of rotatable bonds is 4. The second-order valence-electron chi connectivity index (χ2n) is 4.18. The van der Waals surface area contributed by atoms with Gasteiger partial charge in [0.25, 0.3) is 0 Å². The van der Waals surface area contributed by atoms with Gasteiger partial charge in [-0.2, -0.15) is 0 Å². The van der Waals surface area contributed by atoms with Gasteiger partial charge >= 0.3 is 0 Å². The number of para-hydroxylation sites is 1. The van der Waals surface area contributed by atoms with Crippen LogP contribution in [0, 0.1) is 0 Å². The van der Waals surface area contributed by atoms with Gasteiger partial charge in [0.1, 0.15) is 11.9 Å². The smallest absolute Gasteiger partial charge is 0.129 e. The average molecular weight is 206 g/mol. The van der Waals surface area contributed by atoms with Gasteiger partial charge < -0.3 is 9.84 Å². The number of aliphatic hydroxyl groups excluding tert-OH is 1. The van der Waals surface area contributed by atoms with Gasteiger partial charge in [0, 0.05) is 6.42 Å². The number of fused-ring (bicyclic) bond motifs is 1. The summed E-state index contributed by atoms with van der Waals surface area (Å²) < 4.78 is 5.72. The molecule has 0 bridgehead atoms. The average Bonchev–Trinajstić information content (AvgIpc) is 2.69. The van der Waals surface area contributed by atoms with Gasteiger partial charge in [-0.05, 0) is 18.1 Å². The van der Waals surface area contributed by atoms with Crippen LogP contribution >= 0.6 is 0 Å². The maximum absolute atomic E-state index is 9.93. The van der Waals surface area contributed by atoms with Crippen molar-refractivity contribution in [2.75, 3.05) is 0 Å². The van der Waals surface area contributed by atoms with E-state index in [0.29, 0.717) is 0 Å². The van der Waals surface area contributed by atoms with Gasteiger partial charge in [-0.3, -0.25) is 0 Å². The van der Waals surface area contributed by atoms with Crippen LogP contribution in [0.4, 0.5) is 0 Å². The summed E-state index contributed by atoms with van der Waals surface area (Å²) in [6.45, 7) is 2.14. The van der Waals surface area contributed by atoms with Crippen LogP contribution in [0.15, 0.2) is 24.3 Å². The van der Waals surface area contributed by atoms with Crippen LogP contribution < -0.4 is 4.74 Å². The van der Waals surface area contributed by atoms with Crippen molar-refractivity contribution >= 4 is 0 Å². The van der Waals surface area contributed by atoms with Crippen molar-refractivity contribution in [3.8, 4) is 5.75 Å². The SMILES string of the molecule is CCCCC(O)C1Cc2ccccc2O1. The van der Waals surface area contributed by atoms with Crippen LogP contribution in [0.3, 0.4) is 0 Å². The summed E-state index contributed by atoms with van der Waals surface area (Å²) >= 11 is 0. The lowest BCUT2D eigenvalue weighted by Crippen LogP contribution is -2.29. The van der Waals surface area contributed by atoms with Crippen LogP contribution in [0.1, 0.15) is 31.7 Å². The van der Waals surface area contributed by atoms with Gasteiger partial charge in [0.15, 0.2) is 0 Å². The van der Waals surface area contributed by atoms with E-state index in [0.717, 1.165) is 31.4 Å². The molecule has 0 saturated heterocycles. The predicted octanol–water partition coefficient (Wildman–Crippen LogP) is 2.54. The third-order valence-electron chi connectivity index (χ3n) is 2.95. The zero-order valence-electron chi connectivity index (χ0n) is 9.15. The Morgan fingerprint density at radius 2 is 2.27 bits per heavy atom. The van der Waals surface area contributed by atoms with Crippen LogP contribution in [0.5, 0.6) is 5.75 Å². The number of ether oxygens (including phenoxy) is 1. The van der Waals surface area contributed by atoms with Gasteiger partial charge in [0.2, 0.25) is 0 Å². The highest BCUT2D eigenvalue weighted by Gasteiger charge is 2.28.